The molecule has 0 spiro atoms. The summed E-state index contributed by atoms with van der Waals surface area (Å²) < 4.78 is 0. The highest BCUT2D eigenvalue weighted by Crippen LogP contribution is 2.27. The number of hydrogen-bond acceptors (Lipinski definition) is 3. The Morgan fingerprint density at radius 2 is 2.05 bits per heavy atom. The van der Waals surface area contributed by atoms with Crippen LogP contribution in [0.25, 0.3) is 10.9 Å². The quantitative estimate of drug-likeness (QED) is 0.917. The van der Waals surface area contributed by atoms with Crippen molar-refractivity contribution in [3.63, 3.8) is 0 Å². The fraction of sp³-hybridized carbons (Fsp3) is 0.438. The van der Waals surface area contributed by atoms with Crippen LogP contribution in [0.4, 0.5) is 0 Å². The van der Waals surface area contributed by atoms with Crippen molar-refractivity contribution < 1.29 is 5.11 Å². The molecule has 0 radical (unpaired) electrons. The van der Waals surface area contributed by atoms with Crippen LogP contribution in [-0.4, -0.2) is 34.7 Å². The van der Waals surface area contributed by atoms with E-state index in [4.69, 9.17) is 11.6 Å². The SMILES string of the molecule is Cc1c(Cl)c(CN(C)CCC(C)O)nc2ccccc12. The van der Waals surface area contributed by atoms with Crippen LogP contribution in [0.2, 0.25) is 5.02 Å². The van der Waals surface area contributed by atoms with Crippen LogP contribution < -0.4 is 0 Å². The second-order valence-corrected chi connectivity index (χ2v) is 5.77. The summed E-state index contributed by atoms with van der Waals surface area (Å²) in [5.74, 6) is 0. The molecule has 1 N–H and O–H groups in total. The fourth-order valence-corrected chi connectivity index (χ4v) is 2.47. The van der Waals surface area contributed by atoms with E-state index < -0.39 is 0 Å². The lowest BCUT2D eigenvalue weighted by Gasteiger charge is -2.19. The molecule has 0 aliphatic rings. The van der Waals surface area contributed by atoms with Gasteiger partial charge >= 0.3 is 0 Å². The molecule has 1 heterocycles. The van der Waals surface area contributed by atoms with E-state index in [9.17, 15) is 5.11 Å². The third kappa shape index (κ3) is 3.48. The Hall–Kier alpha value is -1.16. The Morgan fingerprint density at radius 3 is 2.75 bits per heavy atom. The fourth-order valence-electron chi connectivity index (χ4n) is 2.26. The van der Waals surface area contributed by atoms with Crippen molar-refractivity contribution in [3.05, 3.63) is 40.5 Å². The number of hydrogen-bond donors (Lipinski definition) is 1. The average molecular weight is 293 g/mol. The molecule has 2 rings (SSSR count). The summed E-state index contributed by atoms with van der Waals surface area (Å²) in [5.41, 5.74) is 2.96. The zero-order chi connectivity index (χ0) is 14.7. The number of aliphatic hydroxyl groups is 1. The number of pyridine rings is 1. The van der Waals surface area contributed by atoms with Gasteiger partial charge < -0.3 is 10.0 Å². The van der Waals surface area contributed by atoms with Crippen LogP contribution in [0.15, 0.2) is 24.3 Å². The van der Waals surface area contributed by atoms with Crippen LogP contribution in [0, 0.1) is 6.92 Å². The van der Waals surface area contributed by atoms with Crippen LogP contribution in [0.1, 0.15) is 24.6 Å². The molecule has 2 aromatic rings. The van der Waals surface area contributed by atoms with Gasteiger partial charge in [0, 0.05) is 18.5 Å². The molecule has 4 heteroatoms. The zero-order valence-electron chi connectivity index (χ0n) is 12.2. The van der Waals surface area contributed by atoms with E-state index in [1.165, 1.54) is 0 Å². The summed E-state index contributed by atoms with van der Waals surface area (Å²) in [5, 5.41) is 11.2. The smallest absolute Gasteiger partial charge is 0.0740 e. The Morgan fingerprint density at radius 1 is 1.35 bits per heavy atom. The molecule has 20 heavy (non-hydrogen) atoms. The van der Waals surface area contributed by atoms with Gasteiger partial charge in [-0.15, -0.1) is 0 Å². The van der Waals surface area contributed by atoms with Gasteiger partial charge in [-0.1, -0.05) is 29.8 Å². The number of nitrogens with zero attached hydrogens (tertiary/aromatic N) is 2. The summed E-state index contributed by atoms with van der Waals surface area (Å²) in [7, 11) is 2.02. The number of halogens is 1. The van der Waals surface area contributed by atoms with E-state index in [1.54, 1.807) is 6.92 Å². The molecule has 1 unspecified atom stereocenters. The van der Waals surface area contributed by atoms with Crippen LogP contribution in [-0.2, 0) is 6.54 Å². The van der Waals surface area contributed by atoms with Gasteiger partial charge in [0.25, 0.3) is 0 Å². The first-order valence-electron chi connectivity index (χ1n) is 6.89. The molecule has 108 valence electrons. The van der Waals surface area contributed by atoms with Gasteiger partial charge in [-0.25, -0.2) is 4.98 Å². The maximum atomic E-state index is 9.34. The minimum absolute atomic E-state index is 0.278. The standard InChI is InChI=1S/C16H21ClN2O/c1-11(20)8-9-19(3)10-15-16(17)12(2)13-6-4-5-7-14(13)18-15/h4-7,11,20H,8-10H2,1-3H3. The van der Waals surface area contributed by atoms with Crippen molar-refractivity contribution in [2.24, 2.45) is 0 Å². The van der Waals surface area contributed by atoms with Crippen LogP contribution in [0.5, 0.6) is 0 Å². The highest BCUT2D eigenvalue weighted by Gasteiger charge is 2.12. The van der Waals surface area contributed by atoms with Crippen molar-refractivity contribution in [2.75, 3.05) is 13.6 Å². The molecule has 0 saturated heterocycles. The lowest BCUT2D eigenvalue weighted by molar-refractivity contribution is 0.162. The van der Waals surface area contributed by atoms with Crippen LogP contribution in [0.3, 0.4) is 0 Å². The van der Waals surface area contributed by atoms with Crippen molar-refractivity contribution >= 4 is 22.5 Å². The summed E-state index contributed by atoms with van der Waals surface area (Å²) in [6.45, 7) is 5.35. The molecule has 1 aromatic heterocycles. The van der Waals surface area contributed by atoms with Crippen molar-refractivity contribution in [3.8, 4) is 0 Å². The first-order valence-corrected chi connectivity index (χ1v) is 7.27. The second kappa shape index (κ2) is 6.53. The number of aromatic nitrogens is 1. The lowest BCUT2D eigenvalue weighted by Crippen LogP contribution is -2.23. The summed E-state index contributed by atoms with van der Waals surface area (Å²) in [4.78, 5) is 6.80. The number of para-hydroxylation sites is 1. The molecule has 0 saturated carbocycles. The van der Waals surface area contributed by atoms with E-state index >= 15 is 0 Å². The third-order valence-electron chi connectivity index (χ3n) is 3.49. The maximum Gasteiger partial charge on any atom is 0.0740 e. The molecule has 1 aromatic carbocycles. The molecule has 0 fully saturated rings. The van der Waals surface area contributed by atoms with Gasteiger partial charge in [0.05, 0.1) is 22.3 Å². The van der Waals surface area contributed by atoms with Gasteiger partial charge in [0.1, 0.15) is 0 Å². The highest BCUT2D eigenvalue weighted by molar-refractivity contribution is 6.32. The minimum atomic E-state index is -0.278. The molecule has 0 amide bonds. The Balaban J connectivity index is 2.24. The molecule has 0 bridgehead atoms. The summed E-state index contributed by atoms with van der Waals surface area (Å²) >= 11 is 6.44. The number of benzene rings is 1. The molecule has 1 atom stereocenters. The number of aryl methyl sites for hydroxylation is 1. The molecular formula is C16H21ClN2O. The number of rotatable bonds is 5. The van der Waals surface area contributed by atoms with E-state index in [1.807, 2.05) is 38.2 Å². The zero-order valence-corrected chi connectivity index (χ0v) is 13.0. The first-order chi connectivity index (χ1) is 9.49. The van der Waals surface area contributed by atoms with Gasteiger partial charge in [0.15, 0.2) is 0 Å². The molecule has 0 aliphatic heterocycles. The predicted molar refractivity (Wildman–Crippen MR) is 84.1 cm³/mol. The average Bonchev–Trinajstić information content (AvgIpc) is 2.42. The summed E-state index contributed by atoms with van der Waals surface area (Å²) in [6, 6.07) is 8.05. The largest absolute Gasteiger partial charge is 0.393 e. The van der Waals surface area contributed by atoms with E-state index in [-0.39, 0.29) is 6.10 Å². The Kier molecular flexibility index (Phi) is 4.97. The first kappa shape index (κ1) is 15.2. The van der Waals surface area contributed by atoms with Crippen molar-refractivity contribution in [1.82, 2.24) is 9.88 Å². The van der Waals surface area contributed by atoms with Crippen LogP contribution >= 0.6 is 11.6 Å². The van der Waals surface area contributed by atoms with Crippen molar-refractivity contribution in [1.29, 1.82) is 0 Å². The van der Waals surface area contributed by atoms with Gasteiger partial charge in [-0.2, -0.15) is 0 Å². The van der Waals surface area contributed by atoms with Gasteiger partial charge in [0.2, 0.25) is 0 Å². The van der Waals surface area contributed by atoms with Crippen molar-refractivity contribution in [2.45, 2.75) is 32.9 Å². The highest BCUT2D eigenvalue weighted by atomic mass is 35.5. The topological polar surface area (TPSA) is 36.4 Å². The van der Waals surface area contributed by atoms with E-state index in [2.05, 4.69) is 9.88 Å². The van der Waals surface area contributed by atoms with E-state index in [0.717, 1.165) is 40.1 Å². The minimum Gasteiger partial charge on any atom is -0.393 e. The maximum absolute atomic E-state index is 9.34. The molecule has 3 nitrogen and oxygen atoms in total. The monoisotopic (exact) mass is 292 g/mol. The Labute approximate surface area is 125 Å². The number of fused-ring (bicyclic) bond motifs is 1. The summed E-state index contributed by atoms with van der Waals surface area (Å²) in [6.07, 6.45) is 0.472. The lowest BCUT2D eigenvalue weighted by atomic mass is 10.1. The molecular weight excluding hydrogens is 272 g/mol. The second-order valence-electron chi connectivity index (χ2n) is 5.39. The Bertz CT molecular complexity index is 598. The molecule has 0 aliphatic carbocycles. The van der Waals surface area contributed by atoms with Gasteiger partial charge in [-0.05, 0) is 38.9 Å². The number of aliphatic hydroxyl groups excluding tert-OH is 1. The van der Waals surface area contributed by atoms with E-state index in [0.29, 0.717) is 6.54 Å². The van der Waals surface area contributed by atoms with Gasteiger partial charge in [-0.3, -0.25) is 0 Å². The normalized spacial score (nSPS) is 13.1. The predicted octanol–water partition coefficient (Wildman–Crippen LogP) is 3.40. The third-order valence-corrected chi connectivity index (χ3v) is 4.00.